The first-order valence-electron chi connectivity index (χ1n) is 8.04. The molecule has 0 saturated heterocycles. The molecular weight excluding hydrogens is 352 g/mol. The SMILES string of the molecule is CCC(=O)Oc1ccc(C=C2N=C(c3ccc([N+](=O)[O-])cc3)OC2=O)cc1. The molecule has 2 aromatic rings. The van der Waals surface area contributed by atoms with Gasteiger partial charge in [0.25, 0.3) is 5.69 Å². The highest BCUT2D eigenvalue weighted by molar-refractivity contribution is 6.12. The first-order valence-corrected chi connectivity index (χ1v) is 8.04. The Balaban J connectivity index is 1.79. The average molecular weight is 366 g/mol. The van der Waals surface area contributed by atoms with Crippen LogP contribution in [0.4, 0.5) is 5.69 Å². The molecule has 1 aliphatic rings. The summed E-state index contributed by atoms with van der Waals surface area (Å²) in [4.78, 5) is 37.6. The third-order valence-corrected chi connectivity index (χ3v) is 3.65. The van der Waals surface area contributed by atoms with Gasteiger partial charge in [-0.05, 0) is 35.9 Å². The number of cyclic esters (lactones) is 1. The van der Waals surface area contributed by atoms with Gasteiger partial charge in [0, 0.05) is 24.1 Å². The Morgan fingerprint density at radius 1 is 1.19 bits per heavy atom. The summed E-state index contributed by atoms with van der Waals surface area (Å²) in [7, 11) is 0. The molecule has 3 rings (SSSR count). The number of nitro groups is 1. The van der Waals surface area contributed by atoms with Crippen molar-refractivity contribution in [1.29, 1.82) is 0 Å². The molecule has 0 aliphatic carbocycles. The van der Waals surface area contributed by atoms with E-state index in [-0.39, 0.29) is 29.7 Å². The van der Waals surface area contributed by atoms with E-state index in [1.165, 1.54) is 30.3 Å². The van der Waals surface area contributed by atoms with Crippen molar-refractivity contribution in [3.63, 3.8) is 0 Å². The first kappa shape index (κ1) is 18.0. The van der Waals surface area contributed by atoms with Gasteiger partial charge in [-0.3, -0.25) is 14.9 Å². The molecule has 0 spiro atoms. The van der Waals surface area contributed by atoms with Crippen LogP contribution in [-0.2, 0) is 14.3 Å². The van der Waals surface area contributed by atoms with Gasteiger partial charge >= 0.3 is 11.9 Å². The second-order valence-corrected chi connectivity index (χ2v) is 5.54. The Hall–Kier alpha value is -3.81. The third kappa shape index (κ3) is 4.24. The van der Waals surface area contributed by atoms with Gasteiger partial charge in [-0.25, -0.2) is 9.79 Å². The monoisotopic (exact) mass is 366 g/mol. The molecule has 0 fully saturated rings. The second-order valence-electron chi connectivity index (χ2n) is 5.54. The lowest BCUT2D eigenvalue weighted by molar-refractivity contribution is -0.384. The molecule has 0 radical (unpaired) electrons. The second kappa shape index (κ2) is 7.61. The number of nitro benzene ring substituents is 1. The molecule has 1 heterocycles. The molecule has 8 heteroatoms. The Kier molecular flexibility index (Phi) is 5.07. The van der Waals surface area contributed by atoms with Crippen molar-refractivity contribution in [2.75, 3.05) is 0 Å². The molecule has 0 aromatic heterocycles. The van der Waals surface area contributed by atoms with Crippen LogP contribution in [0.3, 0.4) is 0 Å². The number of ether oxygens (including phenoxy) is 2. The van der Waals surface area contributed by atoms with Gasteiger partial charge in [-0.15, -0.1) is 0 Å². The number of rotatable bonds is 5. The van der Waals surface area contributed by atoms with Gasteiger partial charge < -0.3 is 9.47 Å². The molecule has 27 heavy (non-hydrogen) atoms. The number of carbonyl (C=O) groups is 2. The number of esters is 2. The minimum Gasteiger partial charge on any atom is -0.427 e. The Bertz CT molecular complexity index is 959. The van der Waals surface area contributed by atoms with E-state index < -0.39 is 10.9 Å². The van der Waals surface area contributed by atoms with Crippen LogP contribution in [0.15, 0.2) is 59.2 Å². The summed E-state index contributed by atoms with van der Waals surface area (Å²) in [6.07, 6.45) is 1.81. The standard InChI is InChI=1S/C19H14N2O6/c1-2-17(22)26-15-9-3-12(4-10-15)11-16-19(23)27-18(20-16)13-5-7-14(8-6-13)21(24)25/h3-11H,2H2,1H3. The Morgan fingerprint density at radius 2 is 1.85 bits per heavy atom. The van der Waals surface area contributed by atoms with E-state index in [4.69, 9.17) is 9.47 Å². The van der Waals surface area contributed by atoms with E-state index >= 15 is 0 Å². The lowest BCUT2D eigenvalue weighted by Gasteiger charge is -2.02. The Labute approximate surface area is 153 Å². The van der Waals surface area contributed by atoms with Crippen LogP contribution in [0.2, 0.25) is 0 Å². The normalized spacial score (nSPS) is 14.6. The summed E-state index contributed by atoms with van der Waals surface area (Å²) in [5.41, 5.74) is 1.16. The van der Waals surface area contributed by atoms with E-state index in [0.29, 0.717) is 16.9 Å². The zero-order valence-corrected chi connectivity index (χ0v) is 14.2. The van der Waals surface area contributed by atoms with Crippen LogP contribution in [0, 0.1) is 10.1 Å². The van der Waals surface area contributed by atoms with Crippen molar-refractivity contribution in [1.82, 2.24) is 0 Å². The largest absolute Gasteiger partial charge is 0.427 e. The number of nitrogens with zero attached hydrogens (tertiary/aromatic N) is 2. The molecule has 0 unspecified atom stereocenters. The quantitative estimate of drug-likeness (QED) is 0.264. The zero-order chi connectivity index (χ0) is 19.4. The Morgan fingerprint density at radius 3 is 2.44 bits per heavy atom. The fourth-order valence-electron chi connectivity index (χ4n) is 2.25. The summed E-state index contributed by atoms with van der Waals surface area (Å²) in [6.45, 7) is 1.70. The molecule has 1 aliphatic heterocycles. The number of benzene rings is 2. The zero-order valence-electron chi connectivity index (χ0n) is 14.2. The third-order valence-electron chi connectivity index (χ3n) is 3.65. The minimum atomic E-state index is -0.621. The number of aliphatic imine (C=N–C) groups is 1. The van der Waals surface area contributed by atoms with E-state index in [1.54, 1.807) is 31.2 Å². The summed E-state index contributed by atoms with van der Waals surface area (Å²) in [5, 5.41) is 10.7. The van der Waals surface area contributed by atoms with Crippen molar-refractivity contribution in [2.24, 2.45) is 4.99 Å². The maximum absolute atomic E-state index is 12.0. The van der Waals surface area contributed by atoms with Crippen molar-refractivity contribution < 1.29 is 24.0 Å². The summed E-state index contributed by atoms with van der Waals surface area (Å²) in [6, 6.07) is 12.1. The van der Waals surface area contributed by atoms with Gasteiger partial charge in [-0.1, -0.05) is 19.1 Å². The summed E-state index contributed by atoms with van der Waals surface area (Å²) >= 11 is 0. The minimum absolute atomic E-state index is 0.0664. The lowest BCUT2D eigenvalue weighted by atomic mass is 10.2. The fourth-order valence-corrected chi connectivity index (χ4v) is 2.25. The molecule has 136 valence electrons. The maximum atomic E-state index is 12.0. The van der Waals surface area contributed by atoms with Crippen molar-refractivity contribution >= 4 is 29.6 Å². The average Bonchev–Trinajstić information content (AvgIpc) is 3.03. The fraction of sp³-hybridized carbons (Fsp3) is 0.105. The number of carbonyl (C=O) groups excluding carboxylic acids is 2. The van der Waals surface area contributed by atoms with Gasteiger partial charge in [0.2, 0.25) is 5.90 Å². The molecule has 0 atom stereocenters. The van der Waals surface area contributed by atoms with Gasteiger partial charge in [-0.2, -0.15) is 0 Å². The summed E-state index contributed by atoms with van der Waals surface area (Å²) in [5.74, 6) is -0.467. The highest BCUT2D eigenvalue weighted by Crippen LogP contribution is 2.22. The van der Waals surface area contributed by atoms with Gasteiger partial charge in [0.1, 0.15) is 5.75 Å². The highest BCUT2D eigenvalue weighted by Gasteiger charge is 2.24. The highest BCUT2D eigenvalue weighted by atomic mass is 16.6. The lowest BCUT2D eigenvalue weighted by Crippen LogP contribution is -2.05. The van der Waals surface area contributed by atoms with Crippen LogP contribution in [0.5, 0.6) is 5.75 Å². The topological polar surface area (TPSA) is 108 Å². The number of hydrogen-bond acceptors (Lipinski definition) is 7. The maximum Gasteiger partial charge on any atom is 0.363 e. The molecule has 2 aromatic carbocycles. The van der Waals surface area contributed by atoms with Crippen molar-refractivity contribution in [2.45, 2.75) is 13.3 Å². The molecule has 0 bridgehead atoms. The van der Waals surface area contributed by atoms with Crippen molar-refractivity contribution in [3.8, 4) is 5.75 Å². The van der Waals surface area contributed by atoms with Gasteiger partial charge in [0.05, 0.1) is 4.92 Å². The van der Waals surface area contributed by atoms with Crippen LogP contribution in [-0.4, -0.2) is 22.8 Å². The van der Waals surface area contributed by atoms with Crippen molar-refractivity contribution in [3.05, 3.63) is 75.5 Å². The molecule has 8 nitrogen and oxygen atoms in total. The van der Waals surface area contributed by atoms with E-state index in [9.17, 15) is 19.7 Å². The number of hydrogen-bond donors (Lipinski definition) is 0. The molecule has 0 N–H and O–H groups in total. The van der Waals surface area contributed by atoms with E-state index in [0.717, 1.165) is 0 Å². The van der Waals surface area contributed by atoms with Crippen LogP contribution >= 0.6 is 0 Å². The smallest absolute Gasteiger partial charge is 0.363 e. The van der Waals surface area contributed by atoms with E-state index in [2.05, 4.69) is 4.99 Å². The van der Waals surface area contributed by atoms with E-state index in [1.807, 2.05) is 0 Å². The molecular formula is C19H14N2O6. The predicted octanol–water partition coefficient (Wildman–Crippen LogP) is 3.25. The summed E-state index contributed by atoms with van der Waals surface area (Å²) < 4.78 is 10.2. The van der Waals surface area contributed by atoms with Gasteiger partial charge in [0.15, 0.2) is 5.70 Å². The molecule has 0 amide bonds. The predicted molar refractivity (Wildman–Crippen MR) is 96.1 cm³/mol. The van der Waals surface area contributed by atoms with Crippen LogP contribution in [0.1, 0.15) is 24.5 Å². The molecule has 0 saturated carbocycles. The number of non-ortho nitro benzene ring substituents is 1. The first-order chi connectivity index (χ1) is 13.0. The van der Waals surface area contributed by atoms with Crippen LogP contribution < -0.4 is 4.74 Å². The van der Waals surface area contributed by atoms with Crippen LogP contribution in [0.25, 0.3) is 6.08 Å².